The summed E-state index contributed by atoms with van der Waals surface area (Å²) in [6.07, 6.45) is 0.953. The van der Waals surface area contributed by atoms with Gasteiger partial charge >= 0.3 is 0 Å². The third kappa shape index (κ3) is 3.04. The average Bonchev–Trinajstić information content (AvgIpc) is 2.85. The lowest BCUT2D eigenvalue weighted by atomic mass is 10.1. The molecule has 2 unspecified atom stereocenters. The fraction of sp³-hybridized carbons (Fsp3) is 0.538. The quantitative estimate of drug-likeness (QED) is 0.891. The van der Waals surface area contributed by atoms with Crippen molar-refractivity contribution in [3.8, 4) is 0 Å². The maximum atomic E-state index is 13.6. The third-order valence-electron chi connectivity index (χ3n) is 3.37. The molecule has 0 radical (unpaired) electrons. The molecule has 0 amide bonds. The van der Waals surface area contributed by atoms with Gasteiger partial charge in [-0.25, -0.2) is 8.78 Å². The first kappa shape index (κ1) is 13.4. The Bertz CT molecular complexity index is 408. The summed E-state index contributed by atoms with van der Waals surface area (Å²) in [7, 11) is 1.93. The number of nitrogens with two attached hydrogens (primary N) is 1. The molecule has 2 N–H and O–H groups in total. The van der Waals surface area contributed by atoms with Crippen molar-refractivity contribution < 1.29 is 13.5 Å². The van der Waals surface area contributed by atoms with Gasteiger partial charge in [-0.3, -0.25) is 4.90 Å². The van der Waals surface area contributed by atoms with Gasteiger partial charge in [0.25, 0.3) is 0 Å². The van der Waals surface area contributed by atoms with Crippen LogP contribution in [0.5, 0.6) is 0 Å². The molecule has 0 aliphatic carbocycles. The summed E-state index contributed by atoms with van der Waals surface area (Å²) in [4.78, 5) is 2.04. The van der Waals surface area contributed by atoms with Crippen LogP contribution in [-0.4, -0.2) is 37.7 Å². The Hall–Kier alpha value is -1.04. The van der Waals surface area contributed by atoms with Crippen molar-refractivity contribution in [2.24, 2.45) is 5.73 Å². The SMILES string of the molecule is CN(CC(N)c1cc(F)ccc1F)C1CCOC1. The van der Waals surface area contributed by atoms with E-state index >= 15 is 0 Å². The first-order valence-corrected chi connectivity index (χ1v) is 6.06. The molecule has 1 heterocycles. The minimum absolute atomic E-state index is 0.223. The van der Waals surface area contributed by atoms with Gasteiger partial charge in [-0.05, 0) is 31.7 Å². The predicted octanol–water partition coefficient (Wildman–Crippen LogP) is 1.69. The number of hydrogen-bond acceptors (Lipinski definition) is 3. The van der Waals surface area contributed by atoms with Crippen LogP contribution >= 0.6 is 0 Å². The van der Waals surface area contributed by atoms with Gasteiger partial charge in [0.05, 0.1) is 6.61 Å². The molecule has 2 rings (SSSR count). The monoisotopic (exact) mass is 256 g/mol. The topological polar surface area (TPSA) is 38.5 Å². The Morgan fingerprint density at radius 1 is 1.50 bits per heavy atom. The van der Waals surface area contributed by atoms with Crippen LogP contribution in [0, 0.1) is 11.6 Å². The lowest BCUT2D eigenvalue weighted by molar-refractivity contribution is 0.155. The maximum Gasteiger partial charge on any atom is 0.128 e. The fourth-order valence-corrected chi connectivity index (χ4v) is 2.23. The zero-order valence-electron chi connectivity index (χ0n) is 10.4. The summed E-state index contributed by atoms with van der Waals surface area (Å²) >= 11 is 0. The van der Waals surface area contributed by atoms with Crippen LogP contribution in [0.25, 0.3) is 0 Å². The van der Waals surface area contributed by atoms with Crippen LogP contribution in [0.15, 0.2) is 18.2 Å². The van der Waals surface area contributed by atoms with Crippen molar-refractivity contribution in [2.75, 3.05) is 26.8 Å². The molecule has 0 spiro atoms. The molecule has 1 aliphatic rings. The van der Waals surface area contributed by atoms with Gasteiger partial charge in [-0.15, -0.1) is 0 Å². The zero-order chi connectivity index (χ0) is 13.1. The first-order chi connectivity index (χ1) is 8.58. The van der Waals surface area contributed by atoms with E-state index in [4.69, 9.17) is 10.5 Å². The molecular weight excluding hydrogens is 238 g/mol. The molecular formula is C13H18F2N2O. The lowest BCUT2D eigenvalue weighted by Crippen LogP contribution is -2.37. The highest BCUT2D eigenvalue weighted by atomic mass is 19.1. The molecule has 1 aromatic carbocycles. The molecule has 5 heteroatoms. The molecule has 1 saturated heterocycles. The zero-order valence-corrected chi connectivity index (χ0v) is 10.4. The molecule has 0 saturated carbocycles. The van der Waals surface area contributed by atoms with Gasteiger partial charge in [0, 0.05) is 30.8 Å². The van der Waals surface area contributed by atoms with E-state index in [-0.39, 0.29) is 5.56 Å². The van der Waals surface area contributed by atoms with E-state index in [1.165, 1.54) is 6.07 Å². The number of rotatable bonds is 4. The normalized spacial score (nSPS) is 21.5. The number of nitrogens with zero attached hydrogens (tertiary/aromatic N) is 1. The molecule has 0 bridgehead atoms. The second kappa shape index (κ2) is 5.73. The highest BCUT2D eigenvalue weighted by Crippen LogP contribution is 2.19. The molecule has 3 nitrogen and oxygen atoms in total. The van der Waals surface area contributed by atoms with Crippen LogP contribution in [-0.2, 0) is 4.74 Å². The minimum Gasteiger partial charge on any atom is -0.380 e. The van der Waals surface area contributed by atoms with Crippen LogP contribution in [0.1, 0.15) is 18.0 Å². The molecule has 2 atom stereocenters. The Kier molecular flexibility index (Phi) is 4.27. The van der Waals surface area contributed by atoms with E-state index in [1.807, 2.05) is 11.9 Å². The summed E-state index contributed by atoms with van der Waals surface area (Å²) < 4.78 is 31.9. The van der Waals surface area contributed by atoms with Crippen LogP contribution in [0.4, 0.5) is 8.78 Å². The fourth-order valence-electron chi connectivity index (χ4n) is 2.23. The summed E-state index contributed by atoms with van der Waals surface area (Å²) in [6, 6.07) is 3.15. The second-order valence-electron chi connectivity index (χ2n) is 4.73. The summed E-state index contributed by atoms with van der Waals surface area (Å²) in [6.45, 7) is 1.90. The molecule has 1 fully saturated rings. The van der Waals surface area contributed by atoms with Crippen LogP contribution in [0.2, 0.25) is 0 Å². The van der Waals surface area contributed by atoms with Gasteiger partial charge < -0.3 is 10.5 Å². The van der Waals surface area contributed by atoms with E-state index in [0.29, 0.717) is 19.2 Å². The van der Waals surface area contributed by atoms with Crippen LogP contribution < -0.4 is 5.73 Å². The van der Waals surface area contributed by atoms with Gasteiger partial charge in [-0.1, -0.05) is 0 Å². The summed E-state index contributed by atoms with van der Waals surface area (Å²) in [5, 5.41) is 0. The summed E-state index contributed by atoms with van der Waals surface area (Å²) in [5.74, 6) is -0.923. The van der Waals surface area contributed by atoms with Crippen molar-refractivity contribution in [3.63, 3.8) is 0 Å². The van der Waals surface area contributed by atoms with E-state index in [2.05, 4.69) is 0 Å². The minimum atomic E-state index is -0.536. The van der Waals surface area contributed by atoms with E-state index in [0.717, 1.165) is 25.2 Å². The highest BCUT2D eigenvalue weighted by molar-refractivity contribution is 5.22. The number of halogens is 2. The summed E-state index contributed by atoms with van der Waals surface area (Å²) in [5.41, 5.74) is 6.17. The van der Waals surface area contributed by atoms with Crippen molar-refractivity contribution in [3.05, 3.63) is 35.4 Å². The second-order valence-corrected chi connectivity index (χ2v) is 4.73. The number of hydrogen-bond donors (Lipinski definition) is 1. The van der Waals surface area contributed by atoms with Gasteiger partial charge in [0.15, 0.2) is 0 Å². The van der Waals surface area contributed by atoms with Crippen molar-refractivity contribution >= 4 is 0 Å². The smallest absolute Gasteiger partial charge is 0.128 e. The number of likely N-dealkylation sites (N-methyl/N-ethyl adjacent to an activating group) is 1. The highest BCUT2D eigenvalue weighted by Gasteiger charge is 2.23. The Morgan fingerprint density at radius 3 is 2.94 bits per heavy atom. The predicted molar refractivity (Wildman–Crippen MR) is 65.1 cm³/mol. The van der Waals surface area contributed by atoms with Gasteiger partial charge in [-0.2, -0.15) is 0 Å². The van der Waals surface area contributed by atoms with Crippen LogP contribution in [0.3, 0.4) is 0 Å². The van der Waals surface area contributed by atoms with E-state index in [1.54, 1.807) is 0 Å². The van der Waals surface area contributed by atoms with E-state index in [9.17, 15) is 8.78 Å². The third-order valence-corrected chi connectivity index (χ3v) is 3.37. The average molecular weight is 256 g/mol. The Balaban J connectivity index is 2.02. The first-order valence-electron chi connectivity index (χ1n) is 6.06. The molecule has 1 aromatic rings. The molecule has 18 heavy (non-hydrogen) atoms. The van der Waals surface area contributed by atoms with Crippen molar-refractivity contribution in [1.29, 1.82) is 0 Å². The molecule has 1 aliphatic heterocycles. The van der Waals surface area contributed by atoms with E-state index < -0.39 is 17.7 Å². The largest absolute Gasteiger partial charge is 0.380 e. The van der Waals surface area contributed by atoms with Gasteiger partial charge in [0.2, 0.25) is 0 Å². The molecule has 0 aromatic heterocycles. The Labute approximate surface area is 106 Å². The van der Waals surface area contributed by atoms with Gasteiger partial charge in [0.1, 0.15) is 11.6 Å². The lowest BCUT2D eigenvalue weighted by Gasteiger charge is -2.26. The molecule has 100 valence electrons. The van der Waals surface area contributed by atoms with Crippen molar-refractivity contribution in [2.45, 2.75) is 18.5 Å². The van der Waals surface area contributed by atoms with Crippen molar-refractivity contribution in [1.82, 2.24) is 4.90 Å². The standard InChI is InChI=1S/C13H18F2N2O/c1-17(10-4-5-18-8-10)7-13(16)11-6-9(14)2-3-12(11)15/h2-3,6,10,13H,4-5,7-8,16H2,1H3. The number of ether oxygens (including phenoxy) is 1. The maximum absolute atomic E-state index is 13.6. The Morgan fingerprint density at radius 2 is 2.28 bits per heavy atom. The number of benzene rings is 1.